The molecule has 1 amide bonds. The molecular weight excluding hydrogens is 266 g/mol. The van der Waals surface area contributed by atoms with E-state index >= 15 is 0 Å². The summed E-state index contributed by atoms with van der Waals surface area (Å²) in [5.74, 6) is -1.71. The fourth-order valence-electron chi connectivity index (χ4n) is 1.53. The summed E-state index contributed by atoms with van der Waals surface area (Å²) >= 11 is 0. The molecule has 7 heteroatoms. The lowest BCUT2D eigenvalue weighted by Gasteiger charge is -2.10. The Morgan fingerprint density at radius 3 is 2.40 bits per heavy atom. The van der Waals surface area contributed by atoms with Gasteiger partial charge in [0.25, 0.3) is 0 Å². The minimum absolute atomic E-state index is 0.00756. The molecule has 0 spiro atoms. The number of carbonyl (C=O) groups is 1. The number of nitrogens with zero attached hydrogens (tertiary/aromatic N) is 1. The number of rotatable bonds is 8. The van der Waals surface area contributed by atoms with Crippen LogP contribution in [0.2, 0.25) is 0 Å². The first-order chi connectivity index (χ1) is 9.58. The van der Waals surface area contributed by atoms with Gasteiger partial charge in [0, 0.05) is 32.1 Å². The smallest absolute Gasteiger partial charge is 0.221 e. The summed E-state index contributed by atoms with van der Waals surface area (Å²) in [6, 6.07) is 0.768. The number of nitrogens with one attached hydrogen (secondary N) is 3. The van der Waals surface area contributed by atoms with Gasteiger partial charge in [0.2, 0.25) is 5.91 Å². The number of anilines is 2. The SMILES string of the molecule is CCCNC(=O)CCNc1nc(NCC)c(F)cc1F. The van der Waals surface area contributed by atoms with Crippen LogP contribution in [0.5, 0.6) is 0 Å². The van der Waals surface area contributed by atoms with E-state index in [0.29, 0.717) is 13.1 Å². The summed E-state index contributed by atoms with van der Waals surface area (Å²) in [4.78, 5) is 15.2. The van der Waals surface area contributed by atoms with Gasteiger partial charge in [0.15, 0.2) is 23.3 Å². The molecule has 0 fully saturated rings. The second-order valence-electron chi connectivity index (χ2n) is 4.21. The Bertz CT molecular complexity index is 454. The second kappa shape index (κ2) is 8.29. The van der Waals surface area contributed by atoms with Gasteiger partial charge in [-0.25, -0.2) is 13.8 Å². The molecule has 3 N–H and O–H groups in total. The fraction of sp³-hybridized carbons (Fsp3) is 0.538. The fourth-order valence-corrected chi connectivity index (χ4v) is 1.53. The van der Waals surface area contributed by atoms with E-state index < -0.39 is 11.6 Å². The summed E-state index contributed by atoms with van der Waals surface area (Å²) in [5.41, 5.74) is 0. The number of hydrogen-bond donors (Lipinski definition) is 3. The van der Waals surface area contributed by atoms with E-state index in [2.05, 4.69) is 20.9 Å². The van der Waals surface area contributed by atoms with Gasteiger partial charge in [-0.05, 0) is 13.3 Å². The third kappa shape index (κ3) is 4.99. The van der Waals surface area contributed by atoms with Crippen molar-refractivity contribution in [3.63, 3.8) is 0 Å². The second-order valence-corrected chi connectivity index (χ2v) is 4.21. The average molecular weight is 286 g/mol. The van der Waals surface area contributed by atoms with Crippen LogP contribution in [0.4, 0.5) is 20.4 Å². The zero-order chi connectivity index (χ0) is 15.0. The van der Waals surface area contributed by atoms with Gasteiger partial charge in [-0.2, -0.15) is 0 Å². The third-order valence-electron chi connectivity index (χ3n) is 2.49. The van der Waals surface area contributed by atoms with Crippen LogP contribution < -0.4 is 16.0 Å². The highest BCUT2D eigenvalue weighted by Crippen LogP contribution is 2.18. The number of halogens is 2. The molecule has 0 unspecified atom stereocenters. The van der Waals surface area contributed by atoms with Gasteiger partial charge in [-0.15, -0.1) is 0 Å². The maximum absolute atomic E-state index is 13.5. The molecule has 1 heterocycles. The van der Waals surface area contributed by atoms with Crippen molar-refractivity contribution in [3.8, 4) is 0 Å². The quantitative estimate of drug-likeness (QED) is 0.685. The Kier molecular flexibility index (Phi) is 6.69. The highest BCUT2D eigenvalue weighted by molar-refractivity contribution is 5.76. The molecule has 0 atom stereocenters. The van der Waals surface area contributed by atoms with E-state index in [-0.39, 0.29) is 30.5 Å². The first-order valence-corrected chi connectivity index (χ1v) is 6.69. The number of amides is 1. The molecule has 0 aromatic carbocycles. The Morgan fingerprint density at radius 2 is 1.80 bits per heavy atom. The van der Waals surface area contributed by atoms with Crippen molar-refractivity contribution in [1.82, 2.24) is 10.3 Å². The summed E-state index contributed by atoms with van der Waals surface area (Å²) < 4.78 is 26.9. The largest absolute Gasteiger partial charge is 0.368 e. The Morgan fingerprint density at radius 1 is 1.15 bits per heavy atom. The van der Waals surface area contributed by atoms with Crippen LogP contribution in [-0.2, 0) is 4.79 Å². The van der Waals surface area contributed by atoms with E-state index in [4.69, 9.17) is 0 Å². The van der Waals surface area contributed by atoms with Crippen LogP contribution in [0.15, 0.2) is 6.07 Å². The van der Waals surface area contributed by atoms with E-state index in [1.807, 2.05) is 6.92 Å². The summed E-state index contributed by atoms with van der Waals surface area (Å²) in [6.45, 7) is 5.08. The number of hydrogen-bond acceptors (Lipinski definition) is 4. The Hall–Kier alpha value is -1.92. The van der Waals surface area contributed by atoms with Crippen molar-refractivity contribution in [1.29, 1.82) is 0 Å². The average Bonchev–Trinajstić information content (AvgIpc) is 2.41. The summed E-state index contributed by atoms with van der Waals surface area (Å²) in [6.07, 6.45) is 1.06. The standard InChI is InChI=1S/C13H20F2N4O/c1-3-6-17-11(20)5-7-18-13-10(15)8-9(14)12(19-13)16-4-2/h8H,3-7H2,1-2H3,(H,17,20)(H2,16,18,19). The molecular formula is C13H20F2N4O. The minimum Gasteiger partial charge on any atom is -0.368 e. The molecule has 1 aromatic heterocycles. The highest BCUT2D eigenvalue weighted by Gasteiger charge is 2.11. The van der Waals surface area contributed by atoms with Gasteiger partial charge in [0.1, 0.15) is 0 Å². The van der Waals surface area contributed by atoms with Gasteiger partial charge in [0.05, 0.1) is 0 Å². The molecule has 0 radical (unpaired) electrons. The minimum atomic E-state index is -0.780. The topological polar surface area (TPSA) is 66.0 Å². The molecule has 0 saturated carbocycles. The molecule has 0 aliphatic heterocycles. The first kappa shape index (κ1) is 16.1. The molecule has 0 aliphatic rings. The van der Waals surface area contributed by atoms with Crippen molar-refractivity contribution < 1.29 is 13.6 Å². The summed E-state index contributed by atoms with van der Waals surface area (Å²) in [7, 11) is 0. The van der Waals surface area contributed by atoms with Gasteiger partial charge < -0.3 is 16.0 Å². The van der Waals surface area contributed by atoms with E-state index in [1.54, 1.807) is 6.92 Å². The van der Waals surface area contributed by atoms with E-state index in [0.717, 1.165) is 12.5 Å². The van der Waals surface area contributed by atoms with Gasteiger partial charge in [-0.1, -0.05) is 6.92 Å². The monoisotopic (exact) mass is 286 g/mol. The Balaban J connectivity index is 2.55. The Labute approximate surface area is 117 Å². The molecule has 0 saturated heterocycles. The maximum Gasteiger partial charge on any atom is 0.221 e. The van der Waals surface area contributed by atoms with Crippen LogP contribution in [0, 0.1) is 11.6 Å². The van der Waals surface area contributed by atoms with Crippen LogP contribution in [0.25, 0.3) is 0 Å². The number of carbonyl (C=O) groups excluding carboxylic acids is 1. The van der Waals surface area contributed by atoms with E-state index in [1.165, 1.54) is 0 Å². The lowest BCUT2D eigenvalue weighted by molar-refractivity contribution is -0.120. The maximum atomic E-state index is 13.5. The normalized spacial score (nSPS) is 10.2. The predicted molar refractivity (Wildman–Crippen MR) is 74.7 cm³/mol. The lowest BCUT2D eigenvalue weighted by Crippen LogP contribution is -2.26. The molecule has 112 valence electrons. The lowest BCUT2D eigenvalue weighted by atomic mass is 10.3. The third-order valence-corrected chi connectivity index (χ3v) is 2.49. The van der Waals surface area contributed by atoms with Crippen molar-refractivity contribution >= 4 is 17.5 Å². The molecule has 1 rings (SSSR count). The summed E-state index contributed by atoms with van der Waals surface area (Å²) in [5, 5.41) is 8.10. The van der Waals surface area contributed by atoms with Crippen molar-refractivity contribution in [2.45, 2.75) is 26.7 Å². The van der Waals surface area contributed by atoms with Crippen LogP contribution >= 0.6 is 0 Å². The zero-order valence-electron chi connectivity index (χ0n) is 11.7. The number of pyridine rings is 1. The van der Waals surface area contributed by atoms with Crippen molar-refractivity contribution in [2.24, 2.45) is 0 Å². The van der Waals surface area contributed by atoms with Crippen LogP contribution in [0.1, 0.15) is 26.7 Å². The van der Waals surface area contributed by atoms with Crippen LogP contribution in [0.3, 0.4) is 0 Å². The molecule has 0 bridgehead atoms. The van der Waals surface area contributed by atoms with E-state index in [9.17, 15) is 13.6 Å². The predicted octanol–water partition coefficient (Wildman–Crippen LogP) is 2.12. The molecule has 0 aliphatic carbocycles. The zero-order valence-corrected chi connectivity index (χ0v) is 11.7. The van der Waals surface area contributed by atoms with Crippen LogP contribution in [-0.4, -0.2) is 30.5 Å². The molecule has 5 nitrogen and oxygen atoms in total. The number of aromatic nitrogens is 1. The first-order valence-electron chi connectivity index (χ1n) is 6.69. The van der Waals surface area contributed by atoms with Crippen molar-refractivity contribution in [3.05, 3.63) is 17.7 Å². The molecule has 1 aromatic rings. The van der Waals surface area contributed by atoms with Gasteiger partial charge >= 0.3 is 0 Å². The molecule has 20 heavy (non-hydrogen) atoms. The highest BCUT2D eigenvalue weighted by atomic mass is 19.1. The van der Waals surface area contributed by atoms with Crippen molar-refractivity contribution in [2.75, 3.05) is 30.3 Å². The van der Waals surface area contributed by atoms with Gasteiger partial charge in [-0.3, -0.25) is 4.79 Å².